The van der Waals surface area contributed by atoms with Gasteiger partial charge in [0, 0.05) is 17.6 Å². The maximum atomic E-state index is 12.3. The average Bonchev–Trinajstić information content (AvgIpc) is 3.24. The molecule has 0 unspecified atom stereocenters. The van der Waals surface area contributed by atoms with Gasteiger partial charge in [0.2, 0.25) is 0 Å². The minimum atomic E-state index is -0.506. The molecule has 9 heteroatoms. The van der Waals surface area contributed by atoms with Gasteiger partial charge < -0.3 is 18.9 Å². The smallest absolute Gasteiger partial charge is 0.326 e. The fourth-order valence-corrected chi connectivity index (χ4v) is 3.20. The number of thiazole rings is 1. The first kappa shape index (κ1) is 20.2. The Bertz CT molecular complexity index is 796. The van der Waals surface area contributed by atoms with Crippen molar-refractivity contribution in [3.8, 4) is 17.0 Å². The van der Waals surface area contributed by atoms with E-state index in [0.29, 0.717) is 31.3 Å². The quantitative estimate of drug-likeness (QED) is 0.441. The molecule has 0 atom stereocenters. The molecule has 3 rings (SSSR count). The maximum Gasteiger partial charge on any atom is 0.326 e. The molecule has 28 heavy (non-hydrogen) atoms. The summed E-state index contributed by atoms with van der Waals surface area (Å²) in [5, 5.41) is 1.91. The third-order valence-corrected chi connectivity index (χ3v) is 4.57. The van der Waals surface area contributed by atoms with Crippen LogP contribution in [0.5, 0.6) is 5.75 Å². The Morgan fingerprint density at radius 1 is 1.25 bits per heavy atom. The number of anilines is 1. The summed E-state index contributed by atoms with van der Waals surface area (Å²) in [4.78, 5) is 30.1. The van der Waals surface area contributed by atoms with Crippen molar-refractivity contribution >= 4 is 28.9 Å². The molecule has 8 nitrogen and oxygen atoms in total. The fraction of sp³-hybridized carbons (Fsp3) is 0.421. The highest BCUT2D eigenvalue weighted by Gasteiger charge is 2.28. The van der Waals surface area contributed by atoms with Gasteiger partial charge in [-0.25, -0.2) is 4.98 Å². The van der Waals surface area contributed by atoms with E-state index in [1.54, 1.807) is 17.6 Å². The van der Waals surface area contributed by atoms with Crippen LogP contribution in [-0.4, -0.2) is 63.0 Å². The molecule has 2 aromatic rings. The van der Waals surface area contributed by atoms with E-state index < -0.39 is 5.97 Å². The van der Waals surface area contributed by atoms with Crippen LogP contribution in [-0.2, 0) is 23.8 Å². The SMILES string of the molecule is CCOCCOCCOC(=O)CN1C(=O)COc2ccc(-c3cscn3)cc21. The van der Waals surface area contributed by atoms with Crippen LogP contribution in [0.25, 0.3) is 11.3 Å². The molecular weight excluding hydrogens is 384 g/mol. The Kier molecular flexibility index (Phi) is 7.35. The monoisotopic (exact) mass is 406 g/mol. The number of hydrogen-bond donors (Lipinski definition) is 0. The highest BCUT2D eigenvalue weighted by atomic mass is 32.1. The molecule has 0 aliphatic carbocycles. The van der Waals surface area contributed by atoms with Gasteiger partial charge in [-0.2, -0.15) is 0 Å². The van der Waals surface area contributed by atoms with Crippen molar-refractivity contribution in [2.45, 2.75) is 6.92 Å². The van der Waals surface area contributed by atoms with Crippen molar-refractivity contribution in [1.29, 1.82) is 0 Å². The zero-order chi connectivity index (χ0) is 19.8. The second-order valence-corrected chi connectivity index (χ2v) is 6.57. The first-order valence-electron chi connectivity index (χ1n) is 8.96. The van der Waals surface area contributed by atoms with Crippen molar-refractivity contribution in [2.75, 3.05) is 51.1 Å². The Morgan fingerprint density at radius 2 is 2.07 bits per heavy atom. The molecule has 0 fully saturated rings. The van der Waals surface area contributed by atoms with Gasteiger partial charge >= 0.3 is 5.97 Å². The Balaban J connectivity index is 1.57. The lowest BCUT2D eigenvalue weighted by Crippen LogP contribution is -2.42. The summed E-state index contributed by atoms with van der Waals surface area (Å²) in [5.41, 5.74) is 3.92. The van der Waals surface area contributed by atoms with Gasteiger partial charge in [-0.05, 0) is 25.1 Å². The number of fused-ring (bicyclic) bond motifs is 1. The van der Waals surface area contributed by atoms with E-state index in [0.717, 1.165) is 11.3 Å². The normalized spacial score (nSPS) is 13.2. The maximum absolute atomic E-state index is 12.3. The number of hydrogen-bond acceptors (Lipinski definition) is 8. The molecule has 1 aromatic carbocycles. The second kappa shape index (κ2) is 10.2. The van der Waals surface area contributed by atoms with E-state index in [4.69, 9.17) is 18.9 Å². The van der Waals surface area contributed by atoms with Crippen LogP contribution in [0.2, 0.25) is 0 Å². The molecular formula is C19H22N2O6S. The molecule has 1 amide bonds. The van der Waals surface area contributed by atoms with E-state index in [2.05, 4.69) is 4.98 Å². The standard InChI is InChI=1S/C19H22N2O6S/c1-2-24-5-6-25-7-8-26-19(23)10-21-16-9-14(15-12-28-13-20-15)3-4-17(16)27-11-18(21)22/h3-4,9,12-13H,2,5-8,10-11H2,1H3. The van der Waals surface area contributed by atoms with Crippen LogP contribution in [0.1, 0.15) is 6.92 Å². The summed E-state index contributed by atoms with van der Waals surface area (Å²) in [6.07, 6.45) is 0. The van der Waals surface area contributed by atoms with Crippen molar-refractivity contribution in [2.24, 2.45) is 0 Å². The topological polar surface area (TPSA) is 87.2 Å². The zero-order valence-electron chi connectivity index (χ0n) is 15.6. The number of esters is 1. The fourth-order valence-electron chi connectivity index (χ4n) is 2.64. The molecule has 1 aromatic heterocycles. The molecule has 150 valence electrons. The molecule has 1 aliphatic heterocycles. The molecule has 1 aliphatic rings. The Hall–Kier alpha value is -2.49. The predicted molar refractivity (Wildman–Crippen MR) is 104 cm³/mol. The minimum Gasteiger partial charge on any atom is -0.482 e. The van der Waals surface area contributed by atoms with Crippen molar-refractivity contribution in [1.82, 2.24) is 4.98 Å². The van der Waals surface area contributed by atoms with E-state index in [9.17, 15) is 9.59 Å². The third kappa shape index (κ3) is 5.28. The molecule has 2 heterocycles. The second-order valence-electron chi connectivity index (χ2n) is 5.85. The number of aromatic nitrogens is 1. The van der Waals surface area contributed by atoms with E-state index >= 15 is 0 Å². The van der Waals surface area contributed by atoms with E-state index in [1.807, 2.05) is 18.4 Å². The Morgan fingerprint density at radius 3 is 2.86 bits per heavy atom. The number of rotatable bonds is 10. The number of benzene rings is 1. The Labute approximate surface area is 167 Å². The lowest BCUT2D eigenvalue weighted by molar-refractivity contribution is -0.144. The zero-order valence-corrected chi connectivity index (χ0v) is 16.4. The van der Waals surface area contributed by atoms with Crippen LogP contribution in [0.3, 0.4) is 0 Å². The van der Waals surface area contributed by atoms with Crippen LogP contribution >= 0.6 is 11.3 Å². The average molecular weight is 406 g/mol. The van der Waals surface area contributed by atoms with Gasteiger partial charge in [0.25, 0.3) is 5.91 Å². The van der Waals surface area contributed by atoms with Crippen molar-refractivity contribution < 1.29 is 28.5 Å². The van der Waals surface area contributed by atoms with Crippen molar-refractivity contribution in [3.05, 3.63) is 29.1 Å². The number of carbonyl (C=O) groups is 2. The van der Waals surface area contributed by atoms with Crippen LogP contribution in [0, 0.1) is 0 Å². The summed E-state index contributed by atoms with van der Waals surface area (Å²) < 4.78 is 21.1. The van der Waals surface area contributed by atoms with Gasteiger partial charge in [-0.15, -0.1) is 11.3 Å². The van der Waals surface area contributed by atoms with Crippen LogP contribution in [0.15, 0.2) is 29.1 Å². The van der Waals surface area contributed by atoms with Gasteiger partial charge in [0.15, 0.2) is 6.61 Å². The largest absolute Gasteiger partial charge is 0.482 e. The number of amides is 1. The van der Waals surface area contributed by atoms with E-state index in [1.165, 1.54) is 16.2 Å². The molecule has 0 saturated carbocycles. The third-order valence-electron chi connectivity index (χ3n) is 3.98. The summed E-state index contributed by atoms with van der Waals surface area (Å²) >= 11 is 1.48. The van der Waals surface area contributed by atoms with Crippen molar-refractivity contribution in [3.63, 3.8) is 0 Å². The molecule has 0 radical (unpaired) electrons. The number of carbonyl (C=O) groups excluding carboxylic acids is 2. The molecule has 0 spiro atoms. The van der Waals surface area contributed by atoms with Crippen LogP contribution in [0.4, 0.5) is 5.69 Å². The lowest BCUT2D eigenvalue weighted by Gasteiger charge is -2.29. The minimum absolute atomic E-state index is 0.114. The first-order chi connectivity index (χ1) is 13.7. The summed E-state index contributed by atoms with van der Waals surface area (Å²) in [6.45, 7) is 3.59. The molecule has 0 N–H and O–H groups in total. The highest BCUT2D eigenvalue weighted by Crippen LogP contribution is 2.35. The summed E-state index contributed by atoms with van der Waals surface area (Å²) in [6, 6.07) is 5.45. The van der Waals surface area contributed by atoms with Gasteiger partial charge in [-0.3, -0.25) is 14.5 Å². The first-order valence-corrected chi connectivity index (χ1v) is 9.90. The summed E-state index contributed by atoms with van der Waals surface area (Å²) in [7, 11) is 0. The number of ether oxygens (including phenoxy) is 4. The van der Waals surface area contributed by atoms with Crippen LogP contribution < -0.4 is 9.64 Å². The van der Waals surface area contributed by atoms with Gasteiger partial charge in [-0.1, -0.05) is 0 Å². The van der Waals surface area contributed by atoms with Gasteiger partial charge in [0.05, 0.1) is 36.7 Å². The van der Waals surface area contributed by atoms with Gasteiger partial charge in [0.1, 0.15) is 18.9 Å². The highest BCUT2D eigenvalue weighted by molar-refractivity contribution is 7.07. The van der Waals surface area contributed by atoms with E-state index in [-0.39, 0.29) is 32.3 Å². The molecule has 0 bridgehead atoms. The number of nitrogens with zero attached hydrogens (tertiary/aromatic N) is 2. The molecule has 0 saturated heterocycles. The summed E-state index contributed by atoms with van der Waals surface area (Å²) in [5.74, 6) is -0.257. The predicted octanol–water partition coefficient (Wildman–Crippen LogP) is 2.13. The lowest BCUT2D eigenvalue weighted by atomic mass is 10.1.